The fourth-order valence-corrected chi connectivity index (χ4v) is 4.60. The maximum Gasteiger partial charge on any atom is 0.291 e. The van der Waals surface area contributed by atoms with Crippen LogP contribution in [0.15, 0.2) is 83.7 Å². The molecule has 1 unspecified atom stereocenters. The van der Waals surface area contributed by atoms with Crippen LogP contribution in [-0.2, 0) is 6.61 Å². The molecule has 0 saturated heterocycles. The van der Waals surface area contributed by atoms with Gasteiger partial charge in [0.05, 0.1) is 4.53 Å². The van der Waals surface area contributed by atoms with Crippen LogP contribution >= 0.6 is 11.3 Å². The molecule has 0 bridgehead atoms. The van der Waals surface area contributed by atoms with Gasteiger partial charge in [0.2, 0.25) is 4.96 Å². The van der Waals surface area contributed by atoms with Crippen molar-refractivity contribution in [2.24, 2.45) is 0 Å². The monoisotopic (exact) mass is 469 g/mol. The Hall–Kier alpha value is -4.17. The lowest BCUT2D eigenvalue weighted by Gasteiger charge is -2.24. The highest BCUT2D eigenvalue weighted by Gasteiger charge is 2.27. The minimum atomic E-state index is -0.461. The van der Waals surface area contributed by atoms with Crippen LogP contribution < -0.4 is 24.3 Å². The molecular formula is C26H19N3O4S. The van der Waals surface area contributed by atoms with Gasteiger partial charge in [0.15, 0.2) is 23.4 Å². The molecule has 0 spiro atoms. The highest BCUT2D eigenvalue weighted by atomic mass is 32.1. The molecule has 3 aromatic carbocycles. The van der Waals surface area contributed by atoms with Gasteiger partial charge >= 0.3 is 0 Å². The van der Waals surface area contributed by atoms with E-state index in [1.54, 1.807) is 0 Å². The number of nitrogens with zero attached hydrogens (tertiary/aromatic N) is 3. The lowest BCUT2D eigenvalue weighted by Crippen LogP contribution is -2.26. The number of benzene rings is 3. The lowest BCUT2D eigenvalue weighted by molar-refractivity contribution is 0.0852. The van der Waals surface area contributed by atoms with Crippen molar-refractivity contribution >= 4 is 22.4 Å². The molecule has 6 rings (SSSR count). The third kappa shape index (κ3) is 3.99. The molecule has 5 aromatic rings. The molecule has 0 radical (unpaired) electrons. The Bertz CT molecular complexity index is 1560. The van der Waals surface area contributed by atoms with Gasteiger partial charge in [-0.1, -0.05) is 65.9 Å². The minimum absolute atomic E-state index is 0.208. The molecule has 7 nitrogen and oxygen atoms in total. The average Bonchev–Trinajstić information content (AvgIpc) is 3.43. The maximum atomic E-state index is 12.9. The molecule has 1 aliphatic rings. The summed E-state index contributed by atoms with van der Waals surface area (Å²) in [4.78, 5) is 17.9. The standard InChI is InChI=1S/C26H19N3O4S/c30-25-23(14-17-10-12-19(13-11-17)31-15-18-6-2-1-3-7-18)34-26-27-24(28-29(25)26)22-16-32-20-8-4-5-9-21(20)33-22/h1-14,22H,15-16H2. The van der Waals surface area contributed by atoms with E-state index in [0.717, 1.165) is 16.9 Å². The van der Waals surface area contributed by atoms with E-state index in [0.29, 0.717) is 40.0 Å². The number of hydrogen-bond acceptors (Lipinski definition) is 7. The predicted molar refractivity (Wildman–Crippen MR) is 128 cm³/mol. The lowest BCUT2D eigenvalue weighted by atomic mass is 10.2. The average molecular weight is 470 g/mol. The number of thiazole rings is 1. The van der Waals surface area contributed by atoms with E-state index in [4.69, 9.17) is 14.2 Å². The summed E-state index contributed by atoms with van der Waals surface area (Å²) in [5, 5.41) is 4.40. The summed E-state index contributed by atoms with van der Waals surface area (Å²) in [6, 6.07) is 25.1. The number of para-hydroxylation sites is 2. The highest BCUT2D eigenvalue weighted by Crippen LogP contribution is 2.35. The topological polar surface area (TPSA) is 75.0 Å². The van der Waals surface area contributed by atoms with Crippen molar-refractivity contribution in [3.63, 3.8) is 0 Å². The number of rotatable bonds is 5. The van der Waals surface area contributed by atoms with E-state index in [1.165, 1.54) is 15.9 Å². The second-order valence-electron chi connectivity index (χ2n) is 7.79. The van der Waals surface area contributed by atoms with E-state index >= 15 is 0 Å². The summed E-state index contributed by atoms with van der Waals surface area (Å²) in [6.45, 7) is 0.798. The molecule has 0 N–H and O–H groups in total. The van der Waals surface area contributed by atoms with Crippen molar-refractivity contribution in [2.75, 3.05) is 6.61 Å². The zero-order valence-corrected chi connectivity index (χ0v) is 18.8. The van der Waals surface area contributed by atoms with E-state index in [-0.39, 0.29) is 5.56 Å². The molecule has 168 valence electrons. The molecule has 0 fully saturated rings. The summed E-state index contributed by atoms with van der Waals surface area (Å²) < 4.78 is 19.4. The summed E-state index contributed by atoms with van der Waals surface area (Å²) in [7, 11) is 0. The van der Waals surface area contributed by atoms with Crippen molar-refractivity contribution in [3.05, 3.63) is 111 Å². The van der Waals surface area contributed by atoms with Gasteiger partial charge in [-0.2, -0.15) is 9.50 Å². The Kier molecular flexibility index (Phi) is 5.20. The SMILES string of the molecule is O=c1c(=Cc2ccc(OCc3ccccc3)cc2)sc2nc(C3COc4ccccc4O3)nn12. The summed E-state index contributed by atoms with van der Waals surface area (Å²) in [5.74, 6) is 2.54. The zero-order chi connectivity index (χ0) is 22.9. The fourth-order valence-electron chi connectivity index (χ4n) is 3.68. The third-order valence-corrected chi connectivity index (χ3v) is 6.38. The van der Waals surface area contributed by atoms with Gasteiger partial charge in [-0.05, 0) is 41.5 Å². The second-order valence-corrected chi connectivity index (χ2v) is 8.80. The molecule has 1 atom stereocenters. The number of aromatic nitrogens is 3. The minimum Gasteiger partial charge on any atom is -0.489 e. The highest BCUT2D eigenvalue weighted by molar-refractivity contribution is 7.15. The van der Waals surface area contributed by atoms with Crippen LogP contribution in [-0.4, -0.2) is 21.2 Å². The largest absolute Gasteiger partial charge is 0.489 e. The van der Waals surface area contributed by atoms with E-state index in [2.05, 4.69) is 10.1 Å². The molecule has 0 amide bonds. The van der Waals surface area contributed by atoms with Gasteiger partial charge in [0.25, 0.3) is 5.56 Å². The molecule has 34 heavy (non-hydrogen) atoms. The first kappa shape index (κ1) is 20.4. The quantitative estimate of drug-likeness (QED) is 0.390. The molecule has 1 aliphatic heterocycles. The number of ether oxygens (including phenoxy) is 3. The summed E-state index contributed by atoms with van der Waals surface area (Å²) in [6.07, 6.45) is 1.37. The first-order valence-corrected chi connectivity index (χ1v) is 11.6. The maximum absolute atomic E-state index is 12.9. The van der Waals surface area contributed by atoms with Crippen molar-refractivity contribution in [1.82, 2.24) is 14.6 Å². The van der Waals surface area contributed by atoms with Crippen molar-refractivity contribution in [2.45, 2.75) is 12.7 Å². The van der Waals surface area contributed by atoms with Crippen LogP contribution in [0.5, 0.6) is 17.2 Å². The van der Waals surface area contributed by atoms with Crippen LogP contribution in [0.1, 0.15) is 23.1 Å². The van der Waals surface area contributed by atoms with Gasteiger partial charge in [-0.25, -0.2) is 0 Å². The van der Waals surface area contributed by atoms with Crippen LogP contribution in [0.25, 0.3) is 11.0 Å². The second kappa shape index (κ2) is 8.64. The van der Waals surface area contributed by atoms with Crippen molar-refractivity contribution < 1.29 is 14.2 Å². The Labute approximate surface area is 198 Å². The summed E-state index contributed by atoms with van der Waals surface area (Å²) >= 11 is 1.29. The molecule has 3 heterocycles. The Morgan fingerprint density at radius 1 is 1.00 bits per heavy atom. The van der Waals surface area contributed by atoms with Gasteiger partial charge < -0.3 is 14.2 Å². The van der Waals surface area contributed by atoms with Crippen LogP contribution in [0.4, 0.5) is 0 Å². The smallest absolute Gasteiger partial charge is 0.291 e. The first-order valence-electron chi connectivity index (χ1n) is 10.8. The van der Waals surface area contributed by atoms with Gasteiger partial charge in [-0.15, -0.1) is 5.10 Å². The first-order chi connectivity index (χ1) is 16.7. The van der Waals surface area contributed by atoms with E-state index in [9.17, 15) is 4.79 Å². The fraction of sp³-hybridized carbons (Fsp3) is 0.115. The van der Waals surface area contributed by atoms with Crippen LogP contribution in [0.3, 0.4) is 0 Å². The van der Waals surface area contributed by atoms with Gasteiger partial charge in [-0.3, -0.25) is 4.79 Å². The molecule has 2 aromatic heterocycles. The van der Waals surface area contributed by atoms with Crippen molar-refractivity contribution in [3.8, 4) is 17.2 Å². The Morgan fingerprint density at radius 2 is 1.76 bits per heavy atom. The Balaban J connectivity index is 1.20. The Morgan fingerprint density at radius 3 is 2.56 bits per heavy atom. The van der Waals surface area contributed by atoms with E-state index in [1.807, 2.05) is 84.9 Å². The predicted octanol–water partition coefficient (Wildman–Crippen LogP) is 3.79. The van der Waals surface area contributed by atoms with E-state index < -0.39 is 6.10 Å². The molecule has 8 heteroatoms. The molecule has 0 saturated carbocycles. The van der Waals surface area contributed by atoms with Crippen LogP contribution in [0.2, 0.25) is 0 Å². The van der Waals surface area contributed by atoms with Crippen LogP contribution in [0, 0.1) is 0 Å². The normalized spacial score (nSPS) is 15.5. The third-order valence-electron chi connectivity index (χ3n) is 5.42. The number of hydrogen-bond donors (Lipinski definition) is 0. The summed E-state index contributed by atoms with van der Waals surface area (Å²) in [5.41, 5.74) is 1.80. The van der Waals surface area contributed by atoms with Gasteiger partial charge in [0.1, 0.15) is 19.0 Å². The molecular weight excluding hydrogens is 450 g/mol. The zero-order valence-electron chi connectivity index (χ0n) is 18.0. The number of fused-ring (bicyclic) bond motifs is 2. The molecule has 0 aliphatic carbocycles. The van der Waals surface area contributed by atoms with Crippen molar-refractivity contribution in [1.29, 1.82) is 0 Å². The van der Waals surface area contributed by atoms with Gasteiger partial charge in [0, 0.05) is 0 Å².